The van der Waals surface area contributed by atoms with Crippen molar-refractivity contribution in [2.45, 2.75) is 13.8 Å². The second-order valence-electron chi connectivity index (χ2n) is 5.33. The Balaban J connectivity index is 2.31. The molecule has 2 N–H and O–H groups in total. The number of benzene rings is 2. The highest BCUT2D eigenvalue weighted by atomic mass is 16.5. The van der Waals surface area contributed by atoms with Crippen molar-refractivity contribution in [1.82, 2.24) is 0 Å². The van der Waals surface area contributed by atoms with Gasteiger partial charge in [0, 0.05) is 0 Å². The van der Waals surface area contributed by atoms with Crippen LogP contribution in [0, 0.1) is 25.2 Å². The first kappa shape index (κ1) is 17.1. The van der Waals surface area contributed by atoms with Crippen molar-refractivity contribution in [3.63, 3.8) is 0 Å². The first-order valence-electron chi connectivity index (χ1n) is 7.32. The number of aromatic hydroxyl groups is 1. The van der Waals surface area contributed by atoms with E-state index in [-0.39, 0.29) is 11.3 Å². The molecule has 0 bridgehead atoms. The fourth-order valence-corrected chi connectivity index (χ4v) is 2.33. The Morgan fingerprint density at radius 1 is 1.25 bits per heavy atom. The summed E-state index contributed by atoms with van der Waals surface area (Å²) in [5.74, 6) is 0.203. The molecule has 2 aromatic carbocycles. The molecular formula is C19H18N2O3. The number of aryl methyl sites for hydroxylation is 2. The first-order chi connectivity index (χ1) is 11.5. The van der Waals surface area contributed by atoms with Crippen LogP contribution in [0.4, 0.5) is 5.69 Å². The van der Waals surface area contributed by atoms with Crippen molar-refractivity contribution >= 4 is 17.7 Å². The van der Waals surface area contributed by atoms with E-state index in [0.29, 0.717) is 28.1 Å². The second kappa shape index (κ2) is 7.34. The zero-order chi connectivity index (χ0) is 17.7. The number of carbonyl (C=O) groups is 1. The Labute approximate surface area is 140 Å². The molecule has 0 aliphatic rings. The van der Waals surface area contributed by atoms with Crippen LogP contribution >= 0.6 is 0 Å². The quantitative estimate of drug-likeness (QED) is 0.666. The summed E-state index contributed by atoms with van der Waals surface area (Å²) < 4.78 is 5.18. The third-order valence-corrected chi connectivity index (χ3v) is 3.54. The van der Waals surface area contributed by atoms with Crippen molar-refractivity contribution < 1.29 is 14.6 Å². The summed E-state index contributed by atoms with van der Waals surface area (Å²) in [5.41, 5.74) is 2.50. The highest BCUT2D eigenvalue weighted by Crippen LogP contribution is 2.25. The lowest BCUT2D eigenvalue weighted by molar-refractivity contribution is -0.112. The van der Waals surface area contributed by atoms with Crippen LogP contribution in [0.5, 0.6) is 11.5 Å². The van der Waals surface area contributed by atoms with E-state index in [1.807, 2.05) is 6.07 Å². The van der Waals surface area contributed by atoms with Gasteiger partial charge in [0.25, 0.3) is 5.91 Å². The number of phenols is 1. The van der Waals surface area contributed by atoms with E-state index in [0.717, 1.165) is 0 Å². The number of rotatable bonds is 4. The van der Waals surface area contributed by atoms with Gasteiger partial charge in [0.15, 0.2) is 0 Å². The third kappa shape index (κ3) is 3.73. The summed E-state index contributed by atoms with van der Waals surface area (Å²) in [7, 11) is 1.51. The lowest BCUT2D eigenvalue weighted by Crippen LogP contribution is -2.14. The normalized spacial score (nSPS) is 10.8. The maximum Gasteiger partial charge on any atom is 0.266 e. The van der Waals surface area contributed by atoms with E-state index in [1.54, 1.807) is 50.2 Å². The molecule has 24 heavy (non-hydrogen) atoms. The van der Waals surface area contributed by atoms with E-state index in [9.17, 15) is 15.2 Å². The average molecular weight is 322 g/mol. The molecular weight excluding hydrogens is 304 g/mol. The molecule has 0 radical (unpaired) electrons. The summed E-state index contributed by atoms with van der Waals surface area (Å²) >= 11 is 0. The molecule has 0 unspecified atom stereocenters. The monoisotopic (exact) mass is 322 g/mol. The number of nitrogens with one attached hydrogen (secondary N) is 1. The zero-order valence-electron chi connectivity index (χ0n) is 13.8. The number of carbonyl (C=O) groups excluding carboxylic acids is 1. The van der Waals surface area contributed by atoms with Gasteiger partial charge in [-0.1, -0.05) is 12.1 Å². The summed E-state index contributed by atoms with van der Waals surface area (Å²) in [4.78, 5) is 12.3. The van der Waals surface area contributed by atoms with Gasteiger partial charge in [0.05, 0.1) is 12.8 Å². The number of methoxy groups -OCH3 is 1. The standard InChI is InChI=1S/C19H18N2O3/c1-12-8-14(9-13(2)18(12)22)10-15(11-20)19(23)21-16-6-4-5-7-17(16)24-3/h4-10,22H,1-3H3,(H,21,23)/b15-10+. The Bertz CT molecular complexity index is 825. The molecule has 0 spiro atoms. The highest BCUT2D eigenvalue weighted by molar-refractivity contribution is 6.10. The molecule has 0 saturated carbocycles. The van der Waals surface area contributed by atoms with E-state index in [2.05, 4.69) is 5.32 Å². The van der Waals surface area contributed by atoms with Crippen LogP contribution in [0.1, 0.15) is 16.7 Å². The van der Waals surface area contributed by atoms with E-state index < -0.39 is 5.91 Å². The minimum Gasteiger partial charge on any atom is -0.507 e. The van der Waals surface area contributed by atoms with Gasteiger partial charge in [-0.3, -0.25) is 4.79 Å². The molecule has 1 amide bonds. The van der Waals surface area contributed by atoms with Crippen LogP contribution in [0.25, 0.3) is 6.08 Å². The van der Waals surface area contributed by atoms with Gasteiger partial charge in [-0.05, 0) is 60.9 Å². The maximum absolute atomic E-state index is 12.3. The number of amides is 1. The predicted octanol–water partition coefficient (Wildman–Crippen LogP) is 3.56. The van der Waals surface area contributed by atoms with Crippen LogP contribution < -0.4 is 10.1 Å². The summed E-state index contributed by atoms with van der Waals surface area (Å²) in [6, 6.07) is 12.3. The van der Waals surface area contributed by atoms with Crippen molar-refractivity contribution in [1.29, 1.82) is 5.26 Å². The Hall–Kier alpha value is -3.26. The van der Waals surface area contributed by atoms with Gasteiger partial charge in [0.2, 0.25) is 0 Å². The minimum absolute atomic E-state index is 0.0367. The van der Waals surface area contributed by atoms with Gasteiger partial charge in [0.1, 0.15) is 23.1 Å². The molecule has 0 saturated heterocycles. The molecule has 5 heteroatoms. The molecule has 0 fully saturated rings. The van der Waals surface area contributed by atoms with E-state index in [1.165, 1.54) is 13.2 Å². The summed E-state index contributed by atoms with van der Waals surface area (Å²) in [5, 5.41) is 21.8. The number of phenolic OH excluding ortho intramolecular Hbond substituents is 1. The third-order valence-electron chi connectivity index (χ3n) is 3.54. The molecule has 0 heterocycles. The fourth-order valence-electron chi connectivity index (χ4n) is 2.33. The van der Waals surface area contributed by atoms with Crippen LogP contribution in [0.3, 0.4) is 0 Å². The molecule has 0 aliphatic carbocycles. The summed E-state index contributed by atoms with van der Waals surface area (Å²) in [6.45, 7) is 3.53. The van der Waals surface area contributed by atoms with Gasteiger partial charge < -0.3 is 15.2 Å². The smallest absolute Gasteiger partial charge is 0.266 e. The topological polar surface area (TPSA) is 82.3 Å². The molecule has 2 rings (SSSR count). The number of hydrogen-bond donors (Lipinski definition) is 2. The average Bonchev–Trinajstić information content (AvgIpc) is 2.57. The van der Waals surface area contributed by atoms with Gasteiger partial charge >= 0.3 is 0 Å². The lowest BCUT2D eigenvalue weighted by atomic mass is 10.0. The number of para-hydroxylation sites is 2. The lowest BCUT2D eigenvalue weighted by Gasteiger charge is -2.09. The fraction of sp³-hybridized carbons (Fsp3) is 0.158. The van der Waals surface area contributed by atoms with Gasteiger partial charge in [-0.25, -0.2) is 0 Å². The maximum atomic E-state index is 12.3. The van der Waals surface area contributed by atoms with Crippen molar-refractivity contribution in [3.05, 3.63) is 58.7 Å². The second-order valence-corrected chi connectivity index (χ2v) is 5.33. The first-order valence-corrected chi connectivity index (χ1v) is 7.32. The molecule has 5 nitrogen and oxygen atoms in total. The van der Waals surface area contributed by atoms with Crippen molar-refractivity contribution in [2.75, 3.05) is 12.4 Å². The molecule has 0 aliphatic heterocycles. The van der Waals surface area contributed by atoms with Crippen LogP contribution in [0.2, 0.25) is 0 Å². The van der Waals surface area contributed by atoms with Crippen LogP contribution in [-0.2, 0) is 4.79 Å². The van der Waals surface area contributed by atoms with Crippen molar-refractivity contribution in [2.24, 2.45) is 0 Å². The summed E-state index contributed by atoms with van der Waals surface area (Å²) in [6.07, 6.45) is 1.49. The van der Waals surface area contributed by atoms with E-state index >= 15 is 0 Å². The SMILES string of the molecule is COc1ccccc1NC(=O)/C(C#N)=C/c1cc(C)c(O)c(C)c1. The van der Waals surface area contributed by atoms with Gasteiger partial charge in [-0.2, -0.15) is 5.26 Å². The minimum atomic E-state index is -0.523. The molecule has 2 aromatic rings. The number of nitriles is 1. The Morgan fingerprint density at radius 2 is 1.88 bits per heavy atom. The Kier molecular flexibility index (Phi) is 5.23. The van der Waals surface area contributed by atoms with Crippen LogP contribution in [-0.4, -0.2) is 18.1 Å². The predicted molar refractivity (Wildman–Crippen MR) is 92.8 cm³/mol. The highest BCUT2D eigenvalue weighted by Gasteiger charge is 2.12. The Morgan fingerprint density at radius 3 is 2.46 bits per heavy atom. The zero-order valence-corrected chi connectivity index (χ0v) is 13.8. The van der Waals surface area contributed by atoms with Crippen LogP contribution in [0.15, 0.2) is 42.0 Å². The molecule has 122 valence electrons. The largest absolute Gasteiger partial charge is 0.507 e. The van der Waals surface area contributed by atoms with Crippen molar-refractivity contribution in [3.8, 4) is 17.6 Å². The number of anilines is 1. The molecule has 0 aromatic heterocycles. The molecule has 0 atom stereocenters. The number of nitrogens with zero attached hydrogens (tertiary/aromatic N) is 1. The van der Waals surface area contributed by atoms with E-state index in [4.69, 9.17) is 4.74 Å². The van der Waals surface area contributed by atoms with Gasteiger partial charge in [-0.15, -0.1) is 0 Å². The number of ether oxygens (including phenoxy) is 1. The number of hydrogen-bond acceptors (Lipinski definition) is 4.